The lowest BCUT2D eigenvalue weighted by Crippen LogP contribution is -2.40. The van der Waals surface area contributed by atoms with Gasteiger partial charge >= 0.3 is 0 Å². The molecule has 1 atom stereocenters. The van der Waals surface area contributed by atoms with Crippen LogP contribution in [0.2, 0.25) is 0 Å². The highest BCUT2D eigenvalue weighted by Crippen LogP contribution is 2.19. The number of hydrogen-bond acceptors (Lipinski definition) is 3. The zero-order valence-corrected chi connectivity index (χ0v) is 13.1. The highest BCUT2D eigenvalue weighted by Gasteiger charge is 2.26. The minimum Gasteiger partial charge on any atom is -0.334 e. The summed E-state index contributed by atoms with van der Waals surface area (Å²) in [5, 5.41) is 4.49. The van der Waals surface area contributed by atoms with Crippen LogP contribution in [-0.4, -0.2) is 34.9 Å². The van der Waals surface area contributed by atoms with Gasteiger partial charge in [-0.15, -0.1) is 0 Å². The van der Waals surface area contributed by atoms with Gasteiger partial charge in [-0.2, -0.15) is 0 Å². The van der Waals surface area contributed by atoms with Gasteiger partial charge in [-0.3, -0.25) is 9.78 Å². The van der Waals surface area contributed by atoms with Gasteiger partial charge in [0.05, 0.1) is 5.52 Å². The summed E-state index contributed by atoms with van der Waals surface area (Å²) >= 11 is 0. The summed E-state index contributed by atoms with van der Waals surface area (Å²) < 4.78 is 0. The van der Waals surface area contributed by atoms with Crippen molar-refractivity contribution in [3.8, 4) is 0 Å². The Kier molecular flexibility index (Phi) is 4.68. The fourth-order valence-corrected chi connectivity index (χ4v) is 3.10. The normalized spacial score (nSPS) is 17.8. The third-order valence-electron chi connectivity index (χ3n) is 4.28. The largest absolute Gasteiger partial charge is 0.334 e. The van der Waals surface area contributed by atoms with E-state index in [4.69, 9.17) is 0 Å². The first-order valence-corrected chi connectivity index (χ1v) is 8.12. The zero-order valence-electron chi connectivity index (χ0n) is 13.1. The molecule has 4 heteroatoms. The number of carbonyl (C=O) groups is 1. The van der Waals surface area contributed by atoms with E-state index in [0.717, 1.165) is 36.8 Å². The summed E-state index contributed by atoms with van der Waals surface area (Å²) in [6.07, 6.45) is 4.39. The maximum atomic E-state index is 12.5. The average Bonchev–Trinajstić information content (AvgIpc) is 3.06. The number of hydrogen-bond donors (Lipinski definition) is 1. The van der Waals surface area contributed by atoms with Crippen molar-refractivity contribution >= 4 is 16.8 Å². The summed E-state index contributed by atoms with van der Waals surface area (Å²) in [5.74, 6) is 0.266. The van der Waals surface area contributed by atoms with Crippen molar-refractivity contribution in [1.82, 2.24) is 15.2 Å². The Hall–Kier alpha value is -1.94. The summed E-state index contributed by atoms with van der Waals surface area (Å²) in [5.41, 5.74) is 2.18. The Morgan fingerprint density at radius 1 is 1.41 bits per heavy atom. The van der Waals surface area contributed by atoms with E-state index in [-0.39, 0.29) is 5.91 Å². The smallest absolute Gasteiger partial charge is 0.223 e. The molecule has 0 bridgehead atoms. The SMILES string of the molecule is CCCC(=O)N(Cc1ccc2ncccc2c1)[C@H]1CCNC1. The molecule has 22 heavy (non-hydrogen) atoms. The van der Waals surface area contributed by atoms with Crippen LogP contribution in [0.25, 0.3) is 10.9 Å². The lowest BCUT2D eigenvalue weighted by molar-refractivity contribution is -0.133. The van der Waals surface area contributed by atoms with Crippen LogP contribution in [0.3, 0.4) is 0 Å². The predicted octanol–water partition coefficient (Wildman–Crippen LogP) is 2.73. The Bertz CT molecular complexity index is 650. The van der Waals surface area contributed by atoms with Crippen LogP contribution in [0.4, 0.5) is 0 Å². The number of nitrogens with one attached hydrogen (secondary N) is 1. The number of carbonyl (C=O) groups excluding carboxylic acids is 1. The van der Waals surface area contributed by atoms with Crippen molar-refractivity contribution < 1.29 is 4.79 Å². The lowest BCUT2D eigenvalue weighted by atomic mass is 10.1. The predicted molar refractivity (Wildman–Crippen MR) is 88.5 cm³/mol. The second-order valence-electron chi connectivity index (χ2n) is 5.95. The monoisotopic (exact) mass is 297 g/mol. The van der Waals surface area contributed by atoms with E-state index in [1.807, 2.05) is 18.3 Å². The number of pyridine rings is 1. The molecule has 116 valence electrons. The van der Waals surface area contributed by atoms with Crippen molar-refractivity contribution in [3.63, 3.8) is 0 Å². The Balaban J connectivity index is 1.82. The first-order chi connectivity index (χ1) is 10.8. The highest BCUT2D eigenvalue weighted by molar-refractivity contribution is 5.79. The van der Waals surface area contributed by atoms with Gasteiger partial charge in [-0.1, -0.05) is 19.1 Å². The molecule has 0 radical (unpaired) electrons. The molecule has 0 saturated carbocycles. The Morgan fingerprint density at radius 3 is 3.09 bits per heavy atom. The molecular formula is C18H23N3O. The van der Waals surface area contributed by atoms with Crippen molar-refractivity contribution in [2.45, 2.75) is 38.8 Å². The number of nitrogens with zero attached hydrogens (tertiary/aromatic N) is 2. The van der Waals surface area contributed by atoms with Crippen molar-refractivity contribution in [2.24, 2.45) is 0 Å². The number of fused-ring (bicyclic) bond motifs is 1. The molecule has 1 saturated heterocycles. The first kappa shape index (κ1) is 15.0. The van der Waals surface area contributed by atoms with Crippen molar-refractivity contribution in [2.75, 3.05) is 13.1 Å². The van der Waals surface area contributed by atoms with Gasteiger partial charge in [0.25, 0.3) is 0 Å². The zero-order chi connectivity index (χ0) is 15.4. The first-order valence-electron chi connectivity index (χ1n) is 8.12. The van der Waals surface area contributed by atoms with E-state index < -0.39 is 0 Å². The molecule has 1 aliphatic heterocycles. The lowest BCUT2D eigenvalue weighted by Gasteiger charge is -2.29. The average molecular weight is 297 g/mol. The fourth-order valence-electron chi connectivity index (χ4n) is 3.10. The Labute approximate surface area is 131 Å². The van der Waals surface area contributed by atoms with Gasteiger partial charge in [-0.25, -0.2) is 0 Å². The molecule has 4 nitrogen and oxygen atoms in total. The van der Waals surface area contributed by atoms with Gasteiger partial charge in [0.15, 0.2) is 0 Å². The molecule has 1 aromatic carbocycles. The van der Waals surface area contributed by atoms with Crippen LogP contribution < -0.4 is 5.32 Å². The molecule has 2 heterocycles. The van der Waals surface area contributed by atoms with Gasteiger partial charge < -0.3 is 10.2 Å². The van der Waals surface area contributed by atoms with Crippen LogP contribution in [0.5, 0.6) is 0 Å². The third-order valence-corrected chi connectivity index (χ3v) is 4.28. The van der Waals surface area contributed by atoms with Crippen LogP contribution >= 0.6 is 0 Å². The quantitative estimate of drug-likeness (QED) is 0.923. The molecule has 1 amide bonds. The molecule has 1 aliphatic rings. The molecule has 1 N–H and O–H groups in total. The summed E-state index contributed by atoms with van der Waals surface area (Å²) in [6, 6.07) is 10.6. The van der Waals surface area contributed by atoms with Gasteiger partial charge in [0.2, 0.25) is 5.91 Å². The van der Waals surface area contributed by atoms with E-state index in [1.54, 1.807) is 0 Å². The second kappa shape index (κ2) is 6.88. The van der Waals surface area contributed by atoms with Crippen LogP contribution in [-0.2, 0) is 11.3 Å². The van der Waals surface area contributed by atoms with Crippen molar-refractivity contribution in [3.05, 3.63) is 42.1 Å². The number of rotatable bonds is 5. The van der Waals surface area contributed by atoms with E-state index in [0.29, 0.717) is 19.0 Å². The Morgan fingerprint density at radius 2 is 2.32 bits per heavy atom. The molecule has 3 rings (SSSR count). The highest BCUT2D eigenvalue weighted by atomic mass is 16.2. The molecule has 1 aromatic heterocycles. The summed E-state index contributed by atoms with van der Waals surface area (Å²) in [7, 11) is 0. The fraction of sp³-hybridized carbons (Fsp3) is 0.444. The van der Waals surface area contributed by atoms with Gasteiger partial charge in [0.1, 0.15) is 0 Å². The molecule has 1 fully saturated rings. The van der Waals surface area contributed by atoms with E-state index in [2.05, 4.69) is 40.3 Å². The topological polar surface area (TPSA) is 45.2 Å². The third kappa shape index (κ3) is 3.28. The van der Waals surface area contributed by atoms with E-state index in [9.17, 15) is 4.79 Å². The molecule has 0 spiro atoms. The van der Waals surface area contributed by atoms with Gasteiger partial charge in [0, 0.05) is 37.1 Å². The number of aromatic nitrogens is 1. The molecule has 0 aliphatic carbocycles. The van der Waals surface area contributed by atoms with E-state index >= 15 is 0 Å². The van der Waals surface area contributed by atoms with Crippen LogP contribution in [0.15, 0.2) is 36.5 Å². The van der Waals surface area contributed by atoms with Gasteiger partial charge in [-0.05, 0) is 43.1 Å². The number of amides is 1. The molecular weight excluding hydrogens is 274 g/mol. The van der Waals surface area contributed by atoms with Crippen LogP contribution in [0, 0.1) is 0 Å². The minimum atomic E-state index is 0.266. The maximum Gasteiger partial charge on any atom is 0.223 e. The molecule has 0 unspecified atom stereocenters. The van der Waals surface area contributed by atoms with Crippen molar-refractivity contribution in [1.29, 1.82) is 0 Å². The standard InChI is InChI=1S/C18H23N3O/c1-2-4-18(22)21(16-8-10-19-12-16)13-14-6-7-17-15(11-14)5-3-9-20-17/h3,5-7,9,11,16,19H,2,4,8,10,12-13H2,1H3/t16-/m0/s1. The van der Waals surface area contributed by atoms with E-state index in [1.165, 1.54) is 5.56 Å². The summed E-state index contributed by atoms with van der Waals surface area (Å²) in [6.45, 7) is 4.66. The minimum absolute atomic E-state index is 0.266. The van der Waals surface area contributed by atoms with Crippen LogP contribution in [0.1, 0.15) is 31.7 Å². The maximum absolute atomic E-state index is 12.5. The second-order valence-corrected chi connectivity index (χ2v) is 5.95. The molecule has 2 aromatic rings. The summed E-state index contributed by atoms with van der Waals surface area (Å²) in [4.78, 5) is 18.9. The number of benzene rings is 1.